The van der Waals surface area contributed by atoms with E-state index in [0.717, 1.165) is 5.69 Å². The second kappa shape index (κ2) is 5.55. The molecular formula is C12H12ClN3O2. The van der Waals surface area contributed by atoms with E-state index in [9.17, 15) is 4.79 Å². The van der Waals surface area contributed by atoms with Crippen LogP contribution in [-0.2, 0) is 11.3 Å². The van der Waals surface area contributed by atoms with Crippen LogP contribution in [0.2, 0.25) is 5.02 Å². The van der Waals surface area contributed by atoms with Crippen molar-refractivity contribution in [2.45, 2.75) is 6.54 Å². The van der Waals surface area contributed by atoms with E-state index in [1.807, 2.05) is 18.2 Å². The molecule has 2 heterocycles. The van der Waals surface area contributed by atoms with Crippen molar-refractivity contribution in [2.24, 2.45) is 0 Å². The van der Waals surface area contributed by atoms with Crippen molar-refractivity contribution in [1.29, 1.82) is 0 Å². The van der Waals surface area contributed by atoms with Gasteiger partial charge < -0.3 is 10.2 Å². The third-order valence-corrected chi connectivity index (χ3v) is 2.54. The van der Waals surface area contributed by atoms with E-state index >= 15 is 0 Å². The first-order chi connectivity index (χ1) is 8.70. The van der Waals surface area contributed by atoms with Crippen molar-refractivity contribution < 1.29 is 9.53 Å². The van der Waals surface area contributed by atoms with Crippen LogP contribution in [0.3, 0.4) is 0 Å². The molecule has 0 amide bonds. The Morgan fingerprint density at radius 3 is 3.06 bits per heavy atom. The summed E-state index contributed by atoms with van der Waals surface area (Å²) in [5.41, 5.74) is 4.24. The smallest absolute Gasteiger partial charge is 0.356 e. The minimum atomic E-state index is -0.449. The fourth-order valence-corrected chi connectivity index (χ4v) is 1.69. The van der Waals surface area contributed by atoms with Gasteiger partial charge in [0.25, 0.3) is 0 Å². The summed E-state index contributed by atoms with van der Waals surface area (Å²) in [6, 6.07) is 7.17. The molecule has 0 aromatic carbocycles. The number of methoxy groups -OCH3 is 1. The summed E-state index contributed by atoms with van der Waals surface area (Å²) in [6.45, 7) is 0.482. The number of carbonyl (C=O) groups excluding carboxylic acids is 1. The highest BCUT2D eigenvalue weighted by atomic mass is 35.5. The molecule has 5 nitrogen and oxygen atoms in total. The molecule has 0 aliphatic carbocycles. The molecule has 2 aromatic rings. The van der Waals surface area contributed by atoms with Gasteiger partial charge in [-0.15, -0.1) is 0 Å². The lowest BCUT2D eigenvalue weighted by atomic mass is 10.3. The molecule has 0 aliphatic rings. The molecule has 1 N–H and O–H groups in total. The van der Waals surface area contributed by atoms with Gasteiger partial charge in [-0.2, -0.15) is 0 Å². The number of rotatable bonds is 4. The van der Waals surface area contributed by atoms with Crippen LogP contribution in [0.15, 0.2) is 36.7 Å². The fourth-order valence-electron chi connectivity index (χ4n) is 1.49. The topological polar surface area (TPSA) is 56.1 Å². The zero-order valence-electron chi connectivity index (χ0n) is 9.76. The molecule has 0 aliphatic heterocycles. The molecule has 0 atom stereocenters. The number of nitrogens with one attached hydrogen (secondary N) is 1. The summed E-state index contributed by atoms with van der Waals surface area (Å²) in [6.07, 6.45) is 3.32. The van der Waals surface area contributed by atoms with E-state index in [0.29, 0.717) is 17.3 Å². The molecule has 94 valence electrons. The normalized spacial score (nSPS) is 10.1. The van der Waals surface area contributed by atoms with Crippen LogP contribution in [0.5, 0.6) is 0 Å². The lowest BCUT2D eigenvalue weighted by Gasteiger charge is -2.10. The molecule has 0 unspecified atom stereocenters. The maximum absolute atomic E-state index is 11.5. The van der Waals surface area contributed by atoms with E-state index in [2.05, 4.69) is 15.1 Å². The Hall–Kier alpha value is -2.01. The molecule has 6 heteroatoms. The number of pyridine rings is 1. The van der Waals surface area contributed by atoms with Crippen LogP contribution in [0, 0.1) is 0 Å². The van der Waals surface area contributed by atoms with E-state index in [4.69, 9.17) is 11.6 Å². The molecular weight excluding hydrogens is 254 g/mol. The van der Waals surface area contributed by atoms with E-state index in [1.54, 1.807) is 18.5 Å². The first-order valence-corrected chi connectivity index (χ1v) is 5.68. The fraction of sp³-hybridized carbons (Fsp3) is 0.167. The summed E-state index contributed by atoms with van der Waals surface area (Å²) in [7, 11) is 1.33. The summed E-state index contributed by atoms with van der Waals surface area (Å²) in [5, 5.41) is 0.462. The standard InChI is InChI=1S/C12H12ClN3O2/c1-18-12(17)11-6-9(13)8-16(11)15-7-10-4-2-3-5-14-10/h2-6,8,15H,7H2,1H3. The van der Waals surface area contributed by atoms with E-state index in [-0.39, 0.29) is 0 Å². The van der Waals surface area contributed by atoms with Gasteiger partial charge in [-0.25, -0.2) is 4.79 Å². The number of ether oxygens (including phenoxy) is 1. The van der Waals surface area contributed by atoms with E-state index < -0.39 is 5.97 Å². The number of hydrogen-bond acceptors (Lipinski definition) is 4. The van der Waals surface area contributed by atoms with Crippen molar-refractivity contribution in [3.05, 3.63) is 53.1 Å². The van der Waals surface area contributed by atoms with Crippen LogP contribution in [0.1, 0.15) is 16.2 Å². The Bertz CT molecular complexity index is 540. The minimum Gasteiger partial charge on any atom is -0.464 e. The number of carbonyl (C=O) groups is 1. The largest absolute Gasteiger partial charge is 0.464 e. The van der Waals surface area contributed by atoms with Gasteiger partial charge in [0.15, 0.2) is 0 Å². The third kappa shape index (κ3) is 2.81. The Kier molecular flexibility index (Phi) is 3.84. The van der Waals surface area contributed by atoms with Gasteiger partial charge in [0.1, 0.15) is 5.69 Å². The third-order valence-electron chi connectivity index (χ3n) is 2.34. The number of nitrogens with zero attached hydrogens (tertiary/aromatic N) is 2. The highest BCUT2D eigenvalue weighted by Gasteiger charge is 2.13. The lowest BCUT2D eigenvalue weighted by Crippen LogP contribution is -2.19. The SMILES string of the molecule is COC(=O)c1cc(Cl)cn1NCc1ccccn1. The number of aromatic nitrogens is 2. The first-order valence-electron chi connectivity index (χ1n) is 5.30. The van der Waals surface area contributed by atoms with Crippen molar-refractivity contribution >= 4 is 17.6 Å². The number of hydrogen-bond donors (Lipinski definition) is 1. The molecule has 2 rings (SSSR count). The van der Waals surface area contributed by atoms with E-state index in [1.165, 1.54) is 11.8 Å². The highest BCUT2D eigenvalue weighted by Crippen LogP contribution is 2.14. The van der Waals surface area contributed by atoms with Gasteiger partial charge in [0.2, 0.25) is 0 Å². The predicted molar refractivity (Wildman–Crippen MR) is 68.1 cm³/mol. The van der Waals surface area contributed by atoms with Crippen molar-refractivity contribution in [3.8, 4) is 0 Å². The maximum atomic E-state index is 11.5. The maximum Gasteiger partial charge on any atom is 0.356 e. The van der Waals surface area contributed by atoms with Gasteiger partial charge in [-0.05, 0) is 18.2 Å². The Labute approximate surface area is 109 Å². The molecule has 18 heavy (non-hydrogen) atoms. The van der Waals surface area contributed by atoms with Crippen molar-refractivity contribution in [1.82, 2.24) is 9.66 Å². The van der Waals surface area contributed by atoms with Crippen LogP contribution >= 0.6 is 11.6 Å². The van der Waals surface area contributed by atoms with Crippen LogP contribution in [0.25, 0.3) is 0 Å². The van der Waals surface area contributed by atoms with Crippen LogP contribution in [0.4, 0.5) is 0 Å². The summed E-state index contributed by atoms with van der Waals surface area (Å²) >= 11 is 5.86. The molecule has 0 fully saturated rings. The second-order valence-corrected chi connectivity index (χ2v) is 4.00. The van der Waals surface area contributed by atoms with Gasteiger partial charge in [0, 0.05) is 12.4 Å². The zero-order chi connectivity index (χ0) is 13.0. The molecule has 2 aromatic heterocycles. The molecule has 0 spiro atoms. The van der Waals surface area contributed by atoms with Crippen molar-refractivity contribution in [2.75, 3.05) is 12.5 Å². The predicted octanol–water partition coefficient (Wildman–Crippen LogP) is 2.07. The quantitative estimate of drug-likeness (QED) is 0.860. The van der Waals surface area contributed by atoms with Crippen LogP contribution in [-0.4, -0.2) is 22.7 Å². The Morgan fingerprint density at radius 2 is 2.39 bits per heavy atom. The average Bonchev–Trinajstić information content (AvgIpc) is 2.78. The minimum absolute atomic E-state index is 0.346. The average molecular weight is 266 g/mol. The monoisotopic (exact) mass is 265 g/mol. The summed E-state index contributed by atoms with van der Waals surface area (Å²) in [4.78, 5) is 15.7. The van der Waals surface area contributed by atoms with Crippen LogP contribution < -0.4 is 5.43 Å². The highest BCUT2D eigenvalue weighted by molar-refractivity contribution is 6.31. The number of halogens is 1. The van der Waals surface area contributed by atoms with Gasteiger partial charge >= 0.3 is 5.97 Å². The summed E-state index contributed by atoms with van der Waals surface area (Å²) in [5.74, 6) is -0.449. The molecule has 0 saturated carbocycles. The molecule has 0 bridgehead atoms. The second-order valence-electron chi connectivity index (χ2n) is 3.56. The Balaban J connectivity index is 2.12. The summed E-state index contributed by atoms with van der Waals surface area (Å²) < 4.78 is 6.20. The lowest BCUT2D eigenvalue weighted by molar-refractivity contribution is 0.0590. The van der Waals surface area contributed by atoms with Crippen molar-refractivity contribution in [3.63, 3.8) is 0 Å². The number of esters is 1. The molecule has 0 saturated heterocycles. The zero-order valence-corrected chi connectivity index (χ0v) is 10.5. The van der Waals surface area contributed by atoms with Gasteiger partial charge in [-0.3, -0.25) is 9.66 Å². The first kappa shape index (κ1) is 12.4. The van der Waals surface area contributed by atoms with Gasteiger partial charge in [0.05, 0.1) is 24.4 Å². The molecule has 0 radical (unpaired) electrons. The van der Waals surface area contributed by atoms with Gasteiger partial charge in [-0.1, -0.05) is 17.7 Å². The Morgan fingerprint density at radius 1 is 1.56 bits per heavy atom.